The number of carbonyl (C=O) groups is 1. The molecule has 0 spiro atoms. The van der Waals surface area contributed by atoms with E-state index < -0.39 is 10.3 Å². The second-order valence-corrected chi connectivity index (χ2v) is 6.34. The highest BCUT2D eigenvalue weighted by Gasteiger charge is 2.43. The number of rotatable bonds is 4. The number of nitrogens with one attached hydrogen (secondary N) is 1. The molecule has 0 aromatic heterocycles. The van der Waals surface area contributed by atoms with E-state index in [2.05, 4.69) is 5.32 Å². The first-order chi connectivity index (χ1) is 11.5. The van der Waals surface area contributed by atoms with Gasteiger partial charge in [-0.05, 0) is 30.9 Å². The molecule has 1 aliphatic rings. The Labute approximate surface area is 140 Å². The molecule has 3 rings (SSSR count). The van der Waals surface area contributed by atoms with Crippen LogP contribution < -0.4 is 5.32 Å². The van der Waals surface area contributed by atoms with E-state index in [1.54, 1.807) is 19.1 Å². The van der Waals surface area contributed by atoms with Crippen LogP contribution in [0.25, 0.3) is 0 Å². The molecule has 0 atom stereocenters. The van der Waals surface area contributed by atoms with Crippen molar-refractivity contribution in [3.05, 3.63) is 69.8 Å². The van der Waals surface area contributed by atoms with E-state index in [0.29, 0.717) is 11.3 Å². The lowest BCUT2D eigenvalue weighted by atomic mass is 9.78. The van der Waals surface area contributed by atoms with Gasteiger partial charge in [-0.1, -0.05) is 55.3 Å². The Morgan fingerprint density at radius 1 is 1.08 bits per heavy atom. The molecule has 0 heterocycles. The van der Waals surface area contributed by atoms with Crippen LogP contribution in [0.1, 0.15) is 36.8 Å². The summed E-state index contributed by atoms with van der Waals surface area (Å²) in [6, 6.07) is 14.5. The van der Waals surface area contributed by atoms with Crippen molar-refractivity contribution in [2.45, 2.75) is 38.0 Å². The molecule has 1 fully saturated rings. The number of para-hydroxylation sites is 1. The lowest BCUT2D eigenvalue weighted by molar-refractivity contribution is -0.384. The molecule has 1 amide bonds. The van der Waals surface area contributed by atoms with Crippen LogP contribution in [0.2, 0.25) is 0 Å². The van der Waals surface area contributed by atoms with E-state index in [4.69, 9.17) is 0 Å². The van der Waals surface area contributed by atoms with Crippen LogP contribution in [0.5, 0.6) is 0 Å². The molecule has 0 unspecified atom stereocenters. The van der Waals surface area contributed by atoms with Crippen molar-refractivity contribution in [3.63, 3.8) is 0 Å². The fourth-order valence-electron chi connectivity index (χ4n) is 3.58. The van der Waals surface area contributed by atoms with Gasteiger partial charge in [0, 0.05) is 6.07 Å². The summed E-state index contributed by atoms with van der Waals surface area (Å²) < 4.78 is 0. The zero-order valence-corrected chi connectivity index (χ0v) is 13.6. The molecular weight excluding hydrogens is 304 g/mol. The number of carbonyl (C=O) groups excluding carboxylic acids is 1. The van der Waals surface area contributed by atoms with Crippen molar-refractivity contribution in [2.24, 2.45) is 0 Å². The minimum Gasteiger partial charge on any atom is -0.319 e. The zero-order valence-electron chi connectivity index (χ0n) is 13.6. The van der Waals surface area contributed by atoms with Crippen molar-refractivity contribution in [3.8, 4) is 0 Å². The summed E-state index contributed by atoms with van der Waals surface area (Å²) in [7, 11) is 0. The van der Waals surface area contributed by atoms with Crippen LogP contribution in [-0.4, -0.2) is 10.8 Å². The average molecular weight is 324 g/mol. The fourth-order valence-corrected chi connectivity index (χ4v) is 3.58. The molecule has 2 aromatic carbocycles. The van der Waals surface area contributed by atoms with E-state index in [1.807, 2.05) is 30.3 Å². The number of benzene rings is 2. The second kappa shape index (κ2) is 6.43. The predicted octanol–water partition coefficient (Wildman–Crippen LogP) is 4.35. The Morgan fingerprint density at radius 3 is 2.38 bits per heavy atom. The molecular formula is C19H20N2O3. The summed E-state index contributed by atoms with van der Waals surface area (Å²) in [4.78, 5) is 24.0. The van der Waals surface area contributed by atoms with Gasteiger partial charge in [-0.2, -0.15) is 0 Å². The summed E-state index contributed by atoms with van der Waals surface area (Å²) in [6.45, 7) is 1.77. The third-order valence-electron chi connectivity index (χ3n) is 4.90. The van der Waals surface area contributed by atoms with Gasteiger partial charge in [0.05, 0.1) is 10.3 Å². The minimum atomic E-state index is -0.600. The minimum absolute atomic E-state index is 0.0652. The van der Waals surface area contributed by atoms with Crippen LogP contribution in [0.4, 0.5) is 11.4 Å². The SMILES string of the molecule is Cc1cccc([N+](=O)[O-])c1NC(=O)C1(c2ccccc2)CCCC1. The quantitative estimate of drug-likeness (QED) is 0.671. The standard InChI is InChI=1S/C19H20N2O3/c1-14-8-7-11-16(21(23)24)17(14)20-18(22)19(12-5-6-13-19)15-9-3-2-4-10-15/h2-4,7-11H,5-6,12-13H2,1H3,(H,20,22). The largest absolute Gasteiger partial charge is 0.319 e. The van der Waals surface area contributed by atoms with Gasteiger partial charge in [-0.3, -0.25) is 14.9 Å². The molecule has 1 aliphatic carbocycles. The maximum absolute atomic E-state index is 13.1. The first-order valence-corrected chi connectivity index (χ1v) is 8.15. The molecule has 2 aromatic rings. The number of nitro groups is 1. The summed E-state index contributed by atoms with van der Waals surface area (Å²) in [5, 5.41) is 14.1. The number of hydrogen-bond acceptors (Lipinski definition) is 3. The number of aryl methyl sites for hydroxylation is 1. The highest BCUT2D eigenvalue weighted by atomic mass is 16.6. The van der Waals surface area contributed by atoms with Crippen molar-refractivity contribution >= 4 is 17.3 Å². The maximum atomic E-state index is 13.1. The van der Waals surface area contributed by atoms with E-state index in [0.717, 1.165) is 31.2 Å². The van der Waals surface area contributed by atoms with Gasteiger partial charge in [0.2, 0.25) is 5.91 Å². The number of hydrogen-bond donors (Lipinski definition) is 1. The summed E-state index contributed by atoms with van der Waals surface area (Å²) in [5.74, 6) is -0.149. The topological polar surface area (TPSA) is 72.2 Å². The molecule has 1 saturated carbocycles. The van der Waals surface area contributed by atoms with Gasteiger partial charge in [0.1, 0.15) is 5.69 Å². The van der Waals surface area contributed by atoms with Crippen LogP contribution in [0.15, 0.2) is 48.5 Å². The van der Waals surface area contributed by atoms with Crippen LogP contribution in [0.3, 0.4) is 0 Å². The van der Waals surface area contributed by atoms with E-state index in [-0.39, 0.29) is 11.6 Å². The number of amides is 1. The summed E-state index contributed by atoms with van der Waals surface area (Å²) in [5.41, 5.74) is 1.31. The average Bonchev–Trinajstić information content (AvgIpc) is 3.08. The summed E-state index contributed by atoms with van der Waals surface area (Å²) in [6.07, 6.45) is 3.50. The molecule has 1 N–H and O–H groups in total. The first kappa shape index (κ1) is 16.2. The smallest absolute Gasteiger partial charge is 0.293 e. The van der Waals surface area contributed by atoms with E-state index in [1.165, 1.54) is 6.07 Å². The Morgan fingerprint density at radius 2 is 1.75 bits per heavy atom. The van der Waals surface area contributed by atoms with Gasteiger partial charge in [-0.25, -0.2) is 0 Å². The van der Waals surface area contributed by atoms with E-state index in [9.17, 15) is 14.9 Å². The Hall–Kier alpha value is -2.69. The van der Waals surface area contributed by atoms with Gasteiger partial charge in [0.25, 0.3) is 5.69 Å². The Kier molecular flexibility index (Phi) is 4.34. The van der Waals surface area contributed by atoms with Crippen LogP contribution in [-0.2, 0) is 10.2 Å². The third kappa shape index (κ3) is 2.77. The maximum Gasteiger partial charge on any atom is 0.293 e. The predicted molar refractivity (Wildman–Crippen MR) is 93.1 cm³/mol. The molecule has 5 heteroatoms. The Bertz CT molecular complexity index is 765. The molecule has 124 valence electrons. The van der Waals surface area contributed by atoms with Crippen molar-refractivity contribution < 1.29 is 9.72 Å². The normalized spacial score (nSPS) is 15.9. The van der Waals surface area contributed by atoms with Crippen LogP contribution >= 0.6 is 0 Å². The molecule has 0 aliphatic heterocycles. The van der Waals surface area contributed by atoms with Gasteiger partial charge >= 0.3 is 0 Å². The molecule has 24 heavy (non-hydrogen) atoms. The van der Waals surface area contributed by atoms with Crippen LogP contribution in [0, 0.1) is 17.0 Å². The fraction of sp³-hybridized carbons (Fsp3) is 0.316. The van der Waals surface area contributed by atoms with E-state index >= 15 is 0 Å². The van der Waals surface area contributed by atoms with Gasteiger partial charge < -0.3 is 5.32 Å². The lowest BCUT2D eigenvalue weighted by Crippen LogP contribution is -2.38. The highest BCUT2D eigenvalue weighted by molar-refractivity contribution is 6.01. The first-order valence-electron chi connectivity index (χ1n) is 8.15. The second-order valence-electron chi connectivity index (χ2n) is 6.34. The van der Waals surface area contributed by atoms with Gasteiger partial charge in [-0.15, -0.1) is 0 Å². The molecule has 0 radical (unpaired) electrons. The van der Waals surface area contributed by atoms with Gasteiger partial charge in [0.15, 0.2) is 0 Å². The number of nitro benzene ring substituents is 1. The lowest BCUT2D eigenvalue weighted by Gasteiger charge is -2.28. The summed E-state index contributed by atoms with van der Waals surface area (Å²) >= 11 is 0. The highest BCUT2D eigenvalue weighted by Crippen LogP contribution is 2.42. The Balaban J connectivity index is 1.98. The number of nitrogens with zero attached hydrogens (tertiary/aromatic N) is 1. The third-order valence-corrected chi connectivity index (χ3v) is 4.90. The van der Waals surface area contributed by atoms with Crippen molar-refractivity contribution in [2.75, 3.05) is 5.32 Å². The number of anilines is 1. The van der Waals surface area contributed by atoms with Crippen molar-refractivity contribution in [1.82, 2.24) is 0 Å². The zero-order chi connectivity index (χ0) is 17.2. The monoisotopic (exact) mass is 324 g/mol. The molecule has 0 saturated heterocycles. The molecule has 5 nitrogen and oxygen atoms in total. The van der Waals surface area contributed by atoms with Crippen molar-refractivity contribution in [1.29, 1.82) is 0 Å². The molecule has 0 bridgehead atoms.